The maximum absolute atomic E-state index is 5.71. The van der Waals surface area contributed by atoms with Gasteiger partial charge in [0.15, 0.2) is 0 Å². The van der Waals surface area contributed by atoms with Crippen molar-refractivity contribution in [3.63, 3.8) is 0 Å². The van der Waals surface area contributed by atoms with Crippen LogP contribution in [0.4, 0.5) is 0 Å². The zero-order valence-electron chi connectivity index (χ0n) is 8.12. The van der Waals surface area contributed by atoms with Crippen molar-refractivity contribution in [3.05, 3.63) is 0 Å². The van der Waals surface area contributed by atoms with Crippen LogP contribution in [0.1, 0.15) is 33.1 Å². The Bertz CT molecular complexity index is 146. The van der Waals surface area contributed by atoms with Gasteiger partial charge < -0.3 is 9.64 Å². The van der Waals surface area contributed by atoms with Crippen molar-refractivity contribution in [1.29, 1.82) is 0 Å². The van der Waals surface area contributed by atoms with Gasteiger partial charge in [0.05, 0.1) is 12.2 Å². The lowest BCUT2D eigenvalue weighted by Crippen LogP contribution is -2.50. The number of nitrogens with zero attached hydrogens (tertiary/aromatic N) is 1. The van der Waals surface area contributed by atoms with E-state index >= 15 is 0 Å². The van der Waals surface area contributed by atoms with Crippen LogP contribution in [0, 0.1) is 0 Å². The highest BCUT2D eigenvalue weighted by molar-refractivity contribution is 4.84. The van der Waals surface area contributed by atoms with Gasteiger partial charge in [0.1, 0.15) is 0 Å². The SMILES string of the molecule is C[C@@H]1CC(N2CCC2)C[C@H](C)O1. The molecule has 3 atom stereocenters. The summed E-state index contributed by atoms with van der Waals surface area (Å²) >= 11 is 0. The van der Waals surface area contributed by atoms with Crippen LogP contribution in [0.2, 0.25) is 0 Å². The van der Waals surface area contributed by atoms with Crippen molar-refractivity contribution < 1.29 is 4.74 Å². The Kier molecular flexibility index (Phi) is 2.37. The molecule has 0 N–H and O–H groups in total. The molecule has 0 bridgehead atoms. The molecule has 2 nitrogen and oxygen atoms in total. The normalized spacial score (nSPS) is 44.0. The molecule has 0 aliphatic carbocycles. The molecular weight excluding hydrogens is 150 g/mol. The molecule has 70 valence electrons. The third-order valence-electron chi connectivity index (χ3n) is 3.08. The van der Waals surface area contributed by atoms with Crippen LogP contribution in [-0.2, 0) is 4.74 Å². The van der Waals surface area contributed by atoms with E-state index in [0.717, 1.165) is 6.04 Å². The van der Waals surface area contributed by atoms with E-state index in [1.807, 2.05) is 0 Å². The van der Waals surface area contributed by atoms with Crippen LogP contribution in [-0.4, -0.2) is 36.2 Å². The van der Waals surface area contributed by atoms with Gasteiger partial charge in [0.25, 0.3) is 0 Å². The molecule has 2 heterocycles. The first-order valence-corrected chi connectivity index (χ1v) is 5.15. The highest BCUT2D eigenvalue weighted by Gasteiger charge is 2.31. The van der Waals surface area contributed by atoms with Crippen molar-refractivity contribution in [2.75, 3.05) is 13.1 Å². The van der Waals surface area contributed by atoms with E-state index in [1.165, 1.54) is 32.4 Å². The molecule has 2 rings (SSSR count). The number of hydrogen-bond acceptors (Lipinski definition) is 2. The van der Waals surface area contributed by atoms with Crippen molar-refractivity contribution in [2.45, 2.75) is 51.4 Å². The highest BCUT2D eigenvalue weighted by Crippen LogP contribution is 2.26. The molecule has 2 heteroatoms. The summed E-state index contributed by atoms with van der Waals surface area (Å²) in [6.07, 6.45) is 4.83. The minimum Gasteiger partial charge on any atom is -0.375 e. The van der Waals surface area contributed by atoms with Gasteiger partial charge in [-0.25, -0.2) is 0 Å². The average molecular weight is 169 g/mol. The smallest absolute Gasteiger partial charge is 0.0565 e. The number of ether oxygens (including phenoxy) is 1. The average Bonchev–Trinajstić information content (AvgIpc) is 1.79. The predicted octanol–water partition coefficient (Wildman–Crippen LogP) is 1.65. The summed E-state index contributed by atoms with van der Waals surface area (Å²) in [5.74, 6) is 0. The Labute approximate surface area is 74.9 Å². The molecule has 0 radical (unpaired) electrons. The minimum absolute atomic E-state index is 0.472. The van der Waals surface area contributed by atoms with Crippen molar-refractivity contribution >= 4 is 0 Å². The second kappa shape index (κ2) is 3.35. The maximum atomic E-state index is 5.71. The lowest BCUT2D eigenvalue weighted by molar-refractivity contribution is -0.0750. The van der Waals surface area contributed by atoms with Gasteiger partial charge in [-0.2, -0.15) is 0 Å². The first-order valence-electron chi connectivity index (χ1n) is 5.15. The standard InChI is InChI=1S/C10H19NO/c1-8-6-10(7-9(2)12-8)11-4-3-5-11/h8-10H,3-7H2,1-2H3/t8-,9+,10?. The van der Waals surface area contributed by atoms with Crippen LogP contribution in [0.3, 0.4) is 0 Å². The molecule has 0 aromatic heterocycles. The summed E-state index contributed by atoms with van der Waals surface area (Å²) in [4.78, 5) is 2.61. The minimum atomic E-state index is 0.472. The van der Waals surface area contributed by atoms with E-state index in [9.17, 15) is 0 Å². The first-order chi connectivity index (χ1) is 5.75. The van der Waals surface area contributed by atoms with E-state index in [-0.39, 0.29) is 0 Å². The third-order valence-corrected chi connectivity index (χ3v) is 3.08. The Balaban J connectivity index is 1.87. The number of rotatable bonds is 1. The lowest BCUT2D eigenvalue weighted by atomic mass is 9.96. The van der Waals surface area contributed by atoms with E-state index < -0.39 is 0 Å². The fourth-order valence-corrected chi connectivity index (χ4v) is 2.37. The van der Waals surface area contributed by atoms with Crippen LogP contribution >= 0.6 is 0 Å². The molecule has 0 saturated carbocycles. The summed E-state index contributed by atoms with van der Waals surface area (Å²) in [6, 6.07) is 0.817. The summed E-state index contributed by atoms with van der Waals surface area (Å²) in [7, 11) is 0. The quantitative estimate of drug-likeness (QED) is 0.592. The van der Waals surface area contributed by atoms with E-state index in [2.05, 4.69) is 18.7 Å². The molecule has 2 aliphatic rings. The third kappa shape index (κ3) is 1.64. The summed E-state index contributed by atoms with van der Waals surface area (Å²) < 4.78 is 5.71. The Morgan fingerprint density at radius 2 is 1.67 bits per heavy atom. The molecule has 12 heavy (non-hydrogen) atoms. The largest absolute Gasteiger partial charge is 0.375 e. The maximum Gasteiger partial charge on any atom is 0.0565 e. The molecule has 2 fully saturated rings. The molecule has 0 amide bonds. The second-order valence-corrected chi connectivity index (χ2v) is 4.27. The molecule has 0 spiro atoms. The zero-order chi connectivity index (χ0) is 8.55. The fourth-order valence-electron chi connectivity index (χ4n) is 2.37. The summed E-state index contributed by atoms with van der Waals surface area (Å²) in [5.41, 5.74) is 0. The second-order valence-electron chi connectivity index (χ2n) is 4.27. The number of hydrogen-bond donors (Lipinski definition) is 0. The van der Waals surface area contributed by atoms with Gasteiger partial charge in [0.2, 0.25) is 0 Å². The van der Waals surface area contributed by atoms with Gasteiger partial charge in [-0.05, 0) is 46.2 Å². The van der Waals surface area contributed by atoms with Gasteiger partial charge >= 0.3 is 0 Å². The predicted molar refractivity (Wildman–Crippen MR) is 49.2 cm³/mol. The zero-order valence-corrected chi connectivity index (χ0v) is 8.12. The number of likely N-dealkylation sites (tertiary alicyclic amines) is 1. The molecule has 2 aliphatic heterocycles. The van der Waals surface area contributed by atoms with Crippen LogP contribution in [0.25, 0.3) is 0 Å². The lowest BCUT2D eigenvalue weighted by Gasteiger charge is -2.43. The van der Waals surface area contributed by atoms with Crippen molar-refractivity contribution in [2.24, 2.45) is 0 Å². The van der Waals surface area contributed by atoms with Gasteiger partial charge in [0, 0.05) is 6.04 Å². The first kappa shape index (κ1) is 8.52. The molecule has 2 saturated heterocycles. The van der Waals surface area contributed by atoms with E-state index in [0.29, 0.717) is 12.2 Å². The molecular formula is C10H19NO. The van der Waals surface area contributed by atoms with Crippen LogP contribution < -0.4 is 0 Å². The summed E-state index contributed by atoms with van der Waals surface area (Å²) in [5, 5.41) is 0. The Morgan fingerprint density at radius 3 is 2.08 bits per heavy atom. The Hall–Kier alpha value is -0.0800. The fraction of sp³-hybridized carbons (Fsp3) is 1.00. The molecule has 1 unspecified atom stereocenters. The molecule has 0 aromatic rings. The van der Waals surface area contributed by atoms with E-state index in [1.54, 1.807) is 0 Å². The van der Waals surface area contributed by atoms with Gasteiger partial charge in [-0.15, -0.1) is 0 Å². The molecule has 0 aromatic carbocycles. The van der Waals surface area contributed by atoms with Crippen LogP contribution in [0.5, 0.6) is 0 Å². The summed E-state index contributed by atoms with van der Waals surface area (Å²) in [6.45, 7) is 7.04. The monoisotopic (exact) mass is 169 g/mol. The van der Waals surface area contributed by atoms with Crippen molar-refractivity contribution in [1.82, 2.24) is 4.90 Å². The van der Waals surface area contributed by atoms with Gasteiger partial charge in [-0.3, -0.25) is 0 Å². The van der Waals surface area contributed by atoms with Crippen LogP contribution in [0.15, 0.2) is 0 Å². The topological polar surface area (TPSA) is 12.5 Å². The Morgan fingerprint density at radius 1 is 1.08 bits per heavy atom. The van der Waals surface area contributed by atoms with Crippen molar-refractivity contribution in [3.8, 4) is 0 Å². The highest BCUT2D eigenvalue weighted by atomic mass is 16.5. The van der Waals surface area contributed by atoms with E-state index in [4.69, 9.17) is 4.74 Å². The van der Waals surface area contributed by atoms with Gasteiger partial charge in [-0.1, -0.05) is 0 Å².